The first-order valence-corrected chi connectivity index (χ1v) is 39.0. The van der Waals surface area contributed by atoms with Gasteiger partial charge in [-0.25, -0.2) is 0 Å². The predicted octanol–water partition coefficient (Wildman–Crippen LogP) is 14.5. The van der Waals surface area contributed by atoms with E-state index in [2.05, 4.69) is 180 Å². The molecule has 54 heavy (non-hydrogen) atoms. The Hall–Kier alpha value is -2.55. The number of rotatable bonds is 15. The van der Waals surface area contributed by atoms with Gasteiger partial charge in [-0.1, -0.05) is 0 Å². The average molecular weight is 903 g/mol. The molecule has 0 radical (unpaired) electrons. The number of hydrogen-bond donors (Lipinski definition) is 0. The van der Waals surface area contributed by atoms with Gasteiger partial charge in [0.2, 0.25) is 0 Å². The average Bonchev–Trinajstić information content (AvgIpc) is 3.68. The fourth-order valence-electron chi connectivity index (χ4n) is 12.0. The molecule has 0 heterocycles. The zero-order chi connectivity index (χ0) is 39.0. The molecule has 2 unspecified atom stereocenters. The van der Waals surface area contributed by atoms with E-state index in [0.717, 1.165) is 0 Å². The Labute approximate surface area is 332 Å². The van der Waals surface area contributed by atoms with Crippen LogP contribution in [0.2, 0.25) is 8.35 Å². The molecule has 0 saturated heterocycles. The summed E-state index contributed by atoms with van der Waals surface area (Å²) in [7, 11) is 0. The summed E-state index contributed by atoms with van der Waals surface area (Å²) >= 11 is -4.76. The first-order valence-electron chi connectivity index (χ1n) is 21.8. The van der Waals surface area contributed by atoms with E-state index in [1.807, 2.05) is 0 Å². The van der Waals surface area contributed by atoms with Crippen molar-refractivity contribution in [1.82, 2.24) is 0 Å². The molecule has 0 spiro atoms. The zero-order valence-electron chi connectivity index (χ0n) is 36.0. The first kappa shape index (κ1) is 41.1. The van der Waals surface area contributed by atoms with Crippen LogP contribution in [0.15, 0.2) is 96.1 Å². The van der Waals surface area contributed by atoms with Gasteiger partial charge in [-0.2, -0.15) is 0 Å². The monoisotopic (exact) mass is 903 g/mol. The second kappa shape index (κ2) is 16.5. The van der Waals surface area contributed by atoms with Crippen LogP contribution >= 0.6 is 0 Å². The van der Waals surface area contributed by atoms with Crippen molar-refractivity contribution < 1.29 is 17.7 Å². The molecule has 0 saturated carbocycles. The van der Waals surface area contributed by atoms with Crippen molar-refractivity contribution in [2.45, 2.75) is 148 Å². The quantitative estimate of drug-likeness (QED) is 0.104. The summed E-state index contributed by atoms with van der Waals surface area (Å²) in [6.07, 6.45) is 10.6. The molecule has 0 N–H and O–H groups in total. The molecule has 287 valence electrons. The van der Waals surface area contributed by atoms with Gasteiger partial charge >= 0.3 is 335 Å². The van der Waals surface area contributed by atoms with Crippen molar-refractivity contribution in [2.24, 2.45) is 0 Å². The summed E-state index contributed by atoms with van der Waals surface area (Å²) in [6, 6.07) is 35.1. The fraction of sp³-hybridized carbons (Fsp3) is 0.462. The van der Waals surface area contributed by atoms with Crippen molar-refractivity contribution >= 4 is 28.5 Å². The number of fused-ring (bicyclic) bond motifs is 2. The Balaban J connectivity index is 1.91. The Morgan fingerprint density at radius 1 is 0.519 bits per heavy atom. The molecular formula is C52H71HfSi. The van der Waals surface area contributed by atoms with Gasteiger partial charge < -0.3 is 0 Å². The Morgan fingerprint density at radius 2 is 0.889 bits per heavy atom. The van der Waals surface area contributed by atoms with Gasteiger partial charge in [0.05, 0.1) is 0 Å². The van der Waals surface area contributed by atoms with Crippen LogP contribution in [0.1, 0.15) is 184 Å². The molecule has 4 aromatic carbocycles. The van der Waals surface area contributed by atoms with Crippen LogP contribution in [-0.2, 0) is 17.7 Å². The zero-order valence-corrected chi connectivity index (χ0v) is 40.8. The third kappa shape index (κ3) is 6.93. The Kier molecular flexibility index (Phi) is 12.6. The summed E-state index contributed by atoms with van der Waals surface area (Å²) in [5.74, 6) is 0.0390. The van der Waals surface area contributed by atoms with Gasteiger partial charge in [0.1, 0.15) is 0 Å². The van der Waals surface area contributed by atoms with Gasteiger partial charge in [0, 0.05) is 0 Å². The van der Waals surface area contributed by atoms with E-state index in [-0.39, 0.29) is 0 Å². The minimum atomic E-state index is -4.76. The molecule has 0 fully saturated rings. The molecule has 0 aliphatic heterocycles. The molecule has 2 heteroatoms. The summed E-state index contributed by atoms with van der Waals surface area (Å²) in [5, 5.41) is 3.39. The van der Waals surface area contributed by atoms with Crippen LogP contribution in [0, 0.1) is 0 Å². The molecule has 0 aromatic heterocycles. The third-order valence-corrected chi connectivity index (χ3v) is 78.6. The number of unbranched alkanes of at least 4 members (excludes halogenated alkanes) is 2. The van der Waals surface area contributed by atoms with Gasteiger partial charge in [-0.15, -0.1) is 0 Å². The number of allylic oxidation sites excluding steroid dienone is 2. The minimum absolute atomic E-state index is 0.487. The van der Waals surface area contributed by atoms with E-state index in [9.17, 15) is 0 Å². The van der Waals surface area contributed by atoms with Gasteiger partial charge in [-0.05, 0) is 0 Å². The van der Waals surface area contributed by atoms with Crippen molar-refractivity contribution in [3.05, 3.63) is 141 Å². The topological polar surface area (TPSA) is 0 Å². The van der Waals surface area contributed by atoms with E-state index in [1.165, 1.54) is 45.2 Å². The van der Waals surface area contributed by atoms with Crippen LogP contribution in [0.5, 0.6) is 0 Å². The van der Waals surface area contributed by atoms with Crippen molar-refractivity contribution in [2.75, 3.05) is 0 Å². The first-order chi connectivity index (χ1) is 25.8. The van der Waals surface area contributed by atoms with Crippen LogP contribution in [0.4, 0.5) is 0 Å². The fourth-order valence-corrected chi connectivity index (χ4v) is 94.6. The van der Waals surface area contributed by atoms with E-state index in [1.54, 1.807) is 54.9 Å². The number of hydrogen-bond acceptors (Lipinski definition) is 0. The van der Waals surface area contributed by atoms with Gasteiger partial charge in [-0.3, -0.25) is 0 Å². The molecule has 2 atom stereocenters. The summed E-state index contributed by atoms with van der Waals surface area (Å²) in [5.41, 5.74) is 16.2. The third-order valence-electron chi connectivity index (χ3n) is 14.2. The molecule has 0 amide bonds. The summed E-state index contributed by atoms with van der Waals surface area (Å²) < 4.78 is 3.91. The van der Waals surface area contributed by atoms with Gasteiger partial charge in [0.25, 0.3) is 0 Å². The second-order valence-electron chi connectivity index (χ2n) is 18.9. The maximum atomic E-state index is 2.76. The van der Waals surface area contributed by atoms with Crippen LogP contribution in [0.3, 0.4) is 0 Å². The molecule has 4 aromatic rings. The van der Waals surface area contributed by atoms with Crippen LogP contribution in [0.25, 0.3) is 12.2 Å². The molecule has 0 bridgehead atoms. The van der Waals surface area contributed by atoms with Crippen molar-refractivity contribution in [1.29, 1.82) is 0 Å². The van der Waals surface area contributed by atoms with Crippen molar-refractivity contribution in [3.8, 4) is 0 Å². The summed E-state index contributed by atoms with van der Waals surface area (Å²) in [6.45, 7) is 29.6. The van der Waals surface area contributed by atoms with E-state index < -0.39 is 23.7 Å². The molecule has 0 nitrogen and oxygen atoms in total. The second-order valence-corrected chi connectivity index (χ2v) is 61.4. The van der Waals surface area contributed by atoms with Crippen molar-refractivity contribution in [3.63, 3.8) is 0 Å². The van der Waals surface area contributed by atoms with E-state index >= 15 is 0 Å². The molecule has 2 aliphatic rings. The van der Waals surface area contributed by atoms with Crippen LogP contribution < -0.4 is 10.4 Å². The van der Waals surface area contributed by atoms with E-state index in [0.29, 0.717) is 31.0 Å². The number of benzene rings is 4. The maximum absolute atomic E-state index is 4.76. The Morgan fingerprint density at radius 3 is 1.20 bits per heavy atom. The summed E-state index contributed by atoms with van der Waals surface area (Å²) in [4.78, 5) is 0. The normalized spacial score (nSPS) is 17.7. The molecule has 6 rings (SSSR count). The molecular weight excluding hydrogens is 831 g/mol. The predicted molar refractivity (Wildman–Crippen MR) is 241 cm³/mol. The SMILES string of the molecule is CCC[CH2][Hf]([CH2]CCC)([CH]1C(C)=Cc2c(C(C)C)cc(C(C)C)cc21)([CH]1C(C)=Cc2c(C(C)C)cc(C(C)C)cc21)[SiH](c1ccccc1)c1ccccc1. The standard InChI is InChI=1S/2C16H21.C12H11Si.2C4H9.Hf/c2*1-10(2)13-8-14-6-12(5)7-16(14)15(9-13)11(3)4;1-3-7-11(8-4-1)13-12-9-5-2-6-10-12;2*1-3-4-2;/h2*6-11H,1-5H3;1-10,13H;2*1,3-4H2,2H3;. The Bertz CT molecular complexity index is 1850. The van der Waals surface area contributed by atoms with Gasteiger partial charge in [0.15, 0.2) is 0 Å². The molecule has 2 aliphatic carbocycles. The van der Waals surface area contributed by atoms with Crippen LogP contribution in [-0.4, -0.2) is 5.98 Å². The van der Waals surface area contributed by atoms with E-state index in [4.69, 9.17) is 0 Å².